The third-order valence-corrected chi connectivity index (χ3v) is 5.02. The topological polar surface area (TPSA) is 67.2 Å². The number of carbonyl (C=O) groups excluding carboxylic acids is 1. The average Bonchev–Trinajstić information content (AvgIpc) is 3.35. The number of rotatable bonds is 5. The van der Waals surface area contributed by atoms with Crippen molar-refractivity contribution in [2.75, 3.05) is 13.2 Å². The molecule has 1 heterocycles. The van der Waals surface area contributed by atoms with E-state index in [9.17, 15) is 9.90 Å². The maximum atomic E-state index is 12.4. The molecule has 4 rings (SSSR count). The number of imidazole rings is 1. The van der Waals surface area contributed by atoms with E-state index in [4.69, 9.17) is 0 Å². The van der Waals surface area contributed by atoms with Crippen LogP contribution in [0.15, 0.2) is 48.5 Å². The molecule has 0 unspecified atom stereocenters. The lowest BCUT2D eigenvalue weighted by molar-refractivity contribution is 0.0935. The molecule has 5 nitrogen and oxygen atoms in total. The number of amides is 1. The molecule has 1 saturated carbocycles. The molecule has 128 valence electrons. The van der Waals surface area contributed by atoms with Gasteiger partial charge in [0.05, 0.1) is 17.6 Å². The summed E-state index contributed by atoms with van der Waals surface area (Å²) in [5, 5.41) is 12.3. The molecule has 0 bridgehead atoms. The fraction of sp³-hybridized carbons (Fsp3) is 0.300. The molecule has 1 aliphatic carbocycles. The molecule has 1 amide bonds. The number of carbonyl (C=O) groups is 1. The lowest BCUT2D eigenvalue weighted by atomic mass is 10.1. The maximum absolute atomic E-state index is 12.4. The van der Waals surface area contributed by atoms with Crippen LogP contribution >= 0.6 is 0 Å². The van der Waals surface area contributed by atoms with Crippen LogP contribution in [0.1, 0.15) is 29.0 Å². The van der Waals surface area contributed by atoms with E-state index in [2.05, 4.69) is 14.9 Å². The second-order valence-electron chi connectivity index (χ2n) is 6.87. The third kappa shape index (κ3) is 2.91. The molecule has 3 aromatic rings. The van der Waals surface area contributed by atoms with Crippen molar-refractivity contribution in [3.05, 3.63) is 59.9 Å². The minimum absolute atomic E-state index is 0.0920. The van der Waals surface area contributed by atoms with Crippen LogP contribution in [0.25, 0.3) is 16.7 Å². The first-order chi connectivity index (χ1) is 12.1. The van der Waals surface area contributed by atoms with Gasteiger partial charge in [0.2, 0.25) is 0 Å². The van der Waals surface area contributed by atoms with E-state index in [1.54, 1.807) is 0 Å². The van der Waals surface area contributed by atoms with Gasteiger partial charge >= 0.3 is 0 Å². The van der Waals surface area contributed by atoms with Gasteiger partial charge in [0.15, 0.2) is 0 Å². The lowest BCUT2D eigenvalue weighted by Gasteiger charge is -2.12. The molecule has 0 spiro atoms. The van der Waals surface area contributed by atoms with Gasteiger partial charge in [-0.15, -0.1) is 0 Å². The monoisotopic (exact) mass is 335 g/mol. The molecular formula is C20H21N3O2. The molecular weight excluding hydrogens is 314 g/mol. The summed E-state index contributed by atoms with van der Waals surface area (Å²) in [5.74, 6) is 0.768. The molecule has 2 aromatic carbocycles. The first-order valence-corrected chi connectivity index (χ1v) is 8.55. The number of aromatic nitrogens is 2. The molecule has 0 radical (unpaired) electrons. The molecule has 1 fully saturated rings. The highest BCUT2D eigenvalue weighted by Crippen LogP contribution is 2.44. The summed E-state index contributed by atoms with van der Waals surface area (Å²) in [4.78, 5) is 17.0. The highest BCUT2D eigenvalue weighted by molar-refractivity contribution is 5.97. The summed E-state index contributed by atoms with van der Waals surface area (Å²) in [7, 11) is 0. The summed E-state index contributed by atoms with van der Waals surface area (Å²) in [5.41, 5.74) is 3.34. The van der Waals surface area contributed by atoms with Crippen LogP contribution in [0.4, 0.5) is 0 Å². The van der Waals surface area contributed by atoms with Crippen LogP contribution < -0.4 is 5.32 Å². The van der Waals surface area contributed by atoms with Gasteiger partial charge in [-0.1, -0.05) is 18.2 Å². The molecule has 1 aromatic heterocycles. The zero-order valence-electron chi connectivity index (χ0n) is 14.2. The van der Waals surface area contributed by atoms with Gasteiger partial charge in [0.25, 0.3) is 5.91 Å². The van der Waals surface area contributed by atoms with E-state index in [-0.39, 0.29) is 17.9 Å². The quantitative estimate of drug-likeness (QED) is 0.753. The molecule has 0 saturated heterocycles. The number of aryl methyl sites for hydroxylation is 1. The van der Waals surface area contributed by atoms with Crippen molar-refractivity contribution in [1.29, 1.82) is 0 Å². The van der Waals surface area contributed by atoms with Gasteiger partial charge in [-0.05, 0) is 50.1 Å². The number of hydrogen-bond acceptors (Lipinski definition) is 3. The summed E-state index contributed by atoms with van der Waals surface area (Å²) in [6.07, 6.45) is 1.95. The minimum atomic E-state index is -0.117. The number of nitrogens with one attached hydrogen (secondary N) is 1. The van der Waals surface area contributed by atoms with E-state index in [0.29, 0.717) is 12.1 Å². The number of aliphatic hydroxyl groups is 1. The molecule has 25 heavy (non-hydrogen) atoms. The molecule has 0 aliphatic heterocycles. The zero-order chi connectivity index (χ0) is 17.4. The average molecular weight is 335 g/mol. The van der Waals surface area contributed by atoms with E-state index >= 15 is 0 Å². The number of nitrogens with zero attached hydrogens (tertiary/aromatic N) is 2. The number of benzene rings is 2. The van der Waals surface area contributed by atoms with E-state index in [0.717, 1.165) is 35.4 Å². The van der Waals surface area contributed by atoms with Crippen LogP contribution in [0.2, 0.25) is 0 Å². The predicted molar refractivity (Wildman–Crippen MR) is 96.9 cm³/mol. The lowest BCUT2D eigenvalue weighted by Crippen LogP contribution is -2.31. The fourth-order valence-electron chi connectivity index (χ4n) is 3.18. The number of fused-ring (bicyclic) bond motifs is 1. The second kappa shape index (κ2) is 6.01. The summed E-state index contributed by atoms with van der Waals surface area (Å²) >= 11 is 0. The Morgan fingerprint density at radius 2 is 2.00 bits per heavy atom. The number of para-hydroxylation sites is 1. The predicted octanol–water partition coefficient (Wildman–Crippen LogP) is 2.84. The summed E-state index contributed by atoms with van der Waals surface area (Å²) in [6.45, 7) is 2.62. The summed E-state index contributed by atoms with van der Waals surface area (Å²) < 4.78 is 2.09. The largest absolute Gasteiger partial charge is 0.396 e. The standard InChI is InChI=1S/C20H21N3O2/c1-14-22-17-11-15(19(25)21-12-20(13-24)9-10-20)7-8-18(17)23(14)16-5-3-2-4-6-16/h2-8,11,24H,9-10,12-13H2,1H3,(H,21,25). The third-order valence-electron chi connectivity index (χ3n) is 5.02. The Morgan fingerprint density at radius 1 is 1.24 bits per heavy atom. The van der Waals surface area contributed by atoms with Gasteiger partial charge in [0, 0.05) is 23.2 Å². The van der Waals surface area contributed by atoms with Crippen LogP contribution in [0.3, 0.4) is 0 Å². The van der Waals surface area contributed by atoms with E-state index in [1.165, 1.54) is 0 Å². The van der Waals surface area contributed by atoms with Crippen LogP contribution in [0.5, 0.6) is 0 Å². The highest BCUT2D eigenvalue weighted by Gasteiger charge is 2.42. The minimum Gasteiger partial charge on any atom is -0.396 e. The number of aliphatic hydroxyl groups excluding tert-OH is 1. The maximum Gasteiger partial charge on any atom is 0.251 e. The SMILES string of the molecule is Cc1nc2cc(C(=O)NCC3(CO)CC3)ccc2n1-c1ccccc1. The smallest absolute Gasteiger partial charge is 0.251 e. The van der Waals surface area contributed by atoms with Gasteiger partial charge in [-0.25, -0.2) is 4.98 Å². The van der Waals surface area contributed by atoms with Crippen molar-refractivity contribution in [3.63, 3.8) is 0 Å². The fourth-order valence-corrected chi connectivity index (χ4v) is 3.18. The normalized spacial score (nSPS) is 15.3. The number of hydrogen-bond donors (Lipinski definition) is 2. The Morgan fingerprint density at radius 3 is 2.68 bits per heavy atom. The van der Waals surface area contributed by atoms with Gasteiger partial charge < -0.3 is 10.4 Å². The summed E-state index contributed by atoms with van der Waals surface area (Å²) in [6, 6.07) is 15.7. The van der Waals surface area contributed by atoms with Crippen LogP contribution in [-0.2, 0) is 0 Å². The van der Waals surface area contributed by atoms with Crippen molar-refractivity contribution in [3.8, 4) is 5.69 Å². The Kier molecular flexibility index (Phi) is 3.81. The van der Waals surface area contributed by atoms with Crippen LogP contribution in [0, 0.1) is 12.3 Å². The van der Waals surface area contributed by atoms with Crippen molar-refractivity contribution >= 4 is 16.9 Å². The van der Waals surface area contributed by atoms with Crippen molar-refractivity contribution in [1.82, 2.24) is 14.9 Å². The van der Waals surface area contributed by atoms with E-state index in [1.807, 2.05) is 55.5 Å². The van der Waals surface area contributed by atoms with Crippen molar-refractivity contribution in [2.24, 2.45) is 5.41 Å². The second-order valence-corrected chi connectivity index (χ2v) is 6.87. The zero-order valence-corrected chi connectivity index (χ0v) is 14.2. The van der Waals surface area contributed by atoms with Gasteiger partial charge in [-0.2, -0.15) is 0 Å². The molecule has 1 aliphatic rings. The van der Waals surface area contributed by atoms with Crippen LogP contribution in [-0.4, -0.2) is 33.7 Å². The molecule has 2 N–H and O–H groups in total. The molecule has 0 atom stereocenters. The van der Waals surface area contributed by atoms with Crippen molar-refractivity contribution < 1.29 is 9.90 Å². The Balaban J connectivity index is 1.62. The Hall–Kier alpha value is -2.66. The van der Waals surface area contributed by atoms with Crippen molar-refractivity contribution in [2.45, 2.75) is 19.8 Å². The molecule has 5 heteroatoms. The highest BCUT2D eigenvalue weighted by atomic mass is 16.3. The Bertz CT molecular complexity index is 927. The van der Waals surface area contributed by atoms with Gasteiger partial charge in [-0.3, -0.25) is 9.36 Å². The Labute approximate surface area is 146 Å². The first-order valence-electron chi connectivity index (χ1n) is 8.55. The van der Waals surface area contributed by atoms with E-state index < -0.39 is 0 Å². The van der Waals surface area contributed by atoms with Gasteiger partial charge in [0.1, 0.15) is 5.82 Å². The first kappa shape index (κ1) is 15.8.